The van der Waals surface area contributed by atoms with Gasteiger partial charge in [0, 0.05) is 5.69 Å². The van der Waals surface area contributed by atoms with Crippen molar-refractivity contribution in [3.63, 3.8) is 0 Å². The van der Waals surface area contributed by atoms with Crippen molar-refractivity contribution in [2.75, 3.05) is 5.32 Å². The molecular formula is C9H5Cl3N2O. The lowest BCUT2D eigenvalue weighted by Gasteiger charge is -2.11. The van der Waals surface area contributed by atoms with Gasteiger partial charge >= 0.3 is 0 Å². The monoisotopic (exact) mass is 262 g/mol. The number of nitrogens with zero attached hydrogens (tertiary/aromatic N) is 1. The molecule has 0 unspecified atom stereocenters. The number of anilines is 1. The highest BCUT2D eigenvalue weighted by Gasteiger charge is 2.30. The van der Waals surface area contributed by atoms with Crippen LogP contribution in [-0.4, -0.2) is 9.70 Å². The molecule has 0 radical (unpaired) electrons. The number of carbonyl (C=O) groups excluding carboxylic acids is 1. The van der Waals surface area contributed by atoms with Crippen molar-refractivity contribution in [3.05, 3.63) is 29.8 Å². The fourth-order valence-corrected chi connectivity index (χ4v) is 1.01. The minimum absolute atomic E-state index is 0.408. The normalized spacial score (nSPS) is 10.5. The quantitative estimate of drug-likeness (QED) is 0.792. The highest BCUT2D eigenvalue weighted by atomic mass is 35.6. The second-order valence-electron chi connectivity index (χ2n) is 2.64. The summed E-state index contributed by atoms with van der Waals surface area (Å²) in [5, 5.41) is 11.0. The third kappa shape index (κ3) is 3.60. The lowest BCUT2D eigenvalue weighted by Crippen LogP contribution is -2.26. The number of rotatable bonds is 1. The second kappa shape index (κ2) is 4.71. The van der Waals surface area contributed by atoms with Gasteiger partial charge in [0.05, 0.1) is 11.6 Å². The minimum Gasteiger partial charge on any atom is -0.322 e. The summed E-state index contributed by atoms with van der Waals surface area (Å²) >= 11 is 16.1. The summed E-state index contributed by atoms with van der Waals surface area (Å²) in [5.41, 5.74) is 0.822. The zero-order chi connectivity index (χ0) is 11.5. The van der Waals surface area contributed by atoms with Crippen molar-refractivity contribution in [1.82, 2.24) is 0 Å². The Balaban J connectivity index is 2.83. The van der Waals surface area contributed by atoms with E-state index in [9.17, 15) is 4.79 Å². The van der Waals surface area contributed by atoms with Gasteiger partial charge in [-0.25, -0.2) is 0 Å². The van der Waals surface area contributed by atoms with Gasteiger partial charge < -0.3 is 5.32 Å². The first-order valence-electron chi connectivity index (χ1n) is 3.82. The summed E-state index contributed by atoms with van der Waals surface area (Å²) < 4.78 is -2.01. The van der Waals surface area contributed by atoms with E-state index in [1.54, 1.807) is 18.2 Å². The molecular weight excluding hydrogens is 258 g/mol. The number of carbonyl (C=O) groups is 1. The van der Waals surface area contributed by atoms with Crippen LogP contribution in [0.2, 0.25) is 0 Å². The van der Waals surface area contributed by atoms with E-state index in [0.717, 1.165) is 0 Å². The predicted octanol–water partition coefficient (Wildman–Crippen LogP) is 2.87. The zero-order valence-electron chi connectivity index (χ0n) is 7.30. The third-order valence-corrected chi connectivity index (χ3v) is 2.02. The molecule has 0 heterocycles. The Labute approximate surface area is 102 Å². The molecule has 0 fully saturated rings. The van der Waals surface area contributed by atoms with E-state index in [1.807, 2.05) is 6.07 Å². The van der Waals surface area contributed by atoms with Crippen molar-refractivity contribution in [1.29, 1.82) is 5.26 Å². The Morgan fingerprint density at radius 2 is 2.07 bits per heavy atom. The fourth-order valence-electron chi connectivity index (χ4n) is 0.868. The van der Waals surface area contributed by atoms with Crippen LogP contribution in [0.1, 0.15) is 5.56 Å². The van der Waals surface area contributed by atoms with Gasteiger partial charge in [-0.05, 0) is 18.2 Å². The molecule has 15 heavy (non-hydrogen) atoms. The number of nitriles is 1. The van der Waals surface area contributed by atoms with Gasteiger partial charge in [0.25, 0.3) is 9.70 Å². The molecule has 1 aromatic rings. The highest BCUT2D eigenvalue weighted by molar-refractivity contribution is 6.76. The van der Waals surface area contributed by atoms with Crippen LogP contribution < -0.4 is 5.32 Å². The molecule has 6 heteroatoms. The van der Waals surface area contributed by atoms with Crippen LogP contribution in [-0.2, 0) is 4.79 Å². The van der Waals surface area contributed by atoms with Gasteiger partial charge in [0.1, 0.15) is 0 Å². The van der Waals surface area contributed by atoms with Crippen LogP contribution in [0.15, 0.2) is 24.3 Å². The Kier molecular flexibility index (Phi) is 3.81. The molecule has 3 nitrogen and oxygen atoms in total. The van der Waals surface area contributed by atoms with Gasteiger partial charge in [-0.1, -0.05) is 40.9 Å². The number of hydrogen-bond acceptors (Lipinski definition) is 2. The Bertz CT molecular complexity index is 420. The van der Waals surface area contributed by atoms with Crippen molar-refractivity contribution in [2.24, 2.45) is 0 Å². The predicted molar refractivity (Wildman–Crippen MR) is 60.1 cm³/mol. The molecule has 0 saturated heterocycles. The molecule has 1 rings (SSSR count). The number of nitrogens with one attached hydrogen (secondary N) is 1. The molecule has 1 N–H and O–H groups in total. The number of amides is 1. The Morgan fingerprint density at radius 3 is 2.60 bits per heavy atom. The topological polar surface area (TPSA) is 52.9 Å². The largest absolute Gasteiger partial charge is 0.322 e. The van der Waals surface area contributed by atoms with E-state index >= 15 is 0 Å². The summed E-state index contributed by atoms with van der Waals surface area (Å²) in [6.45, 7) is 0. The molecule has 0 spiro atoms. The summed E-state index contributed by atoms with van der Waals surface area (Å²) in [4.78, 5) is 11.2. The highest BCUT2D eigenvalue weighted by Crippen LogP contribution is 2.27. The molecule has 78 valence electrons. The number of alkyl halides is 3. The third-order valence-electron chi connectivity index (χ3n) is 1.51. The Hall–Kier alpha value is -0.950. The first-order valence-corrected chi connectivity index (χ1v) is 4.95. The molecule has 0 aromatic heterocycles. The van der Waals surface area contributed by atoms with Crippen molar-refractivity contribution >= 4 is 46.4 Å². The number of halogens is 3. The van der Waals surface area contributed by atoms with E-state index in [0.29, 0.717) is 11.3 Å². The zero-order valence-corrected chi connectivity index (χ0v) is 9.57. The van der Waals surface area contributed by atoms with Gasteiger partial charge in [0.2, 0.25) is 0 Å². The van der Waals surface area contributed by atoms with Crippen LogP contribution in [0.4, 0.5) is 5.69 Å². The van der Waals surface area contributed by atoms with Gasteiger partial charge in [0.15, 0.2) is 0 Å². The van der Waals surface area contributed by atoms with Gasteiger partial charge in [-0.3, -0.25) is 4.79 Å². The van der Waals surface area contributed by atoms with Crippen LogP contribution >= 0.6 is 34.8 Å². The summed E-state index contributed by atoms with van der Waals surface area (Å²) in [7, 11) is 0. The first kappa shape index (κ1) is 12.1. The average molecular weight is 264 g/mol. The van der Waals surface area contributed by atoms with Crippen molar-refractivity contribution in [2.45, 2.75) is 3.79 Å². The standard InChI is InChI=1S/C9H5Cl3N2O/c10-9(11,12)8(15)14-7-3-1-2-6(4-7)5-13/h1-4H,(H,14,15). The molecule has 1 aromatic carbocycles. The maximum absolute atomic E-state index is 11.2. The molecule has 0 aliphatic heterocycles. The summed E-state index contributed by atoms with van der Waals surface area (Å²) in [6, 6.07) is 8.22. The van der Waals surface area contributed by atoms with Crippen LogP contribution in [0.5, 0.6) is 0 Å². The SMILES string of the molecule is N#Cc1cccc(NC(=O)C(Cl)(Cl)Cl)c1. The van der Waals surface area contributed by atoms with Gasteiger partial charge in [-0.2, -0.15) is 5.26 Å². The van der Waals surface area contributed by atoms with Crippen LogP contribution in [0.25, 0.3) is 0 Å². The maximum atomic E-state index is 11.2. The number of benzene rings is 1. The molecule has 0 atom stereocenters. The second-order valence-corrected chi connectivity index (χ2v) is 4.93. The van der Waals surface area contributed by atoms with E-state index in [1.165, 1.54) is 6.07 Å². The molecule has 0 saturated carbocycles. The van der Waals surface area contributed by atoms with E-state index in [-0.39, 0.29) is 0 Å². The lowest BCUT2D eigenvalue weighted by atomic mass is 10.2. The Morgan fingerprint density at radius 1 is 1.40 bits per heavy atom. The van der Waals surface area contributed by atoms with E-state index in [4.69, 9.17) is 40.1 Å². The minimum atomic E-state index is -2.01. The van der Waals surface area contributed by atoms with Crippen molar-refractivity contribution < 1.29 is 4.79 Å². The molecule has 0 aliphatic carbocycles. The fraction of sp³-hybridized carbons (Fsp3) is 0.111. The van der Waals surface area contributed by atoms with Gasteiger partial charge in [-0.15, -0.1) is 0 Å². The van der Waals surface area contributed by atoms with E-state index in [2.05, 4.69) is 5.32 Å². The average Bonchev–Trinajstić information content (AvgIpc) is 2.16. The number of hydrogen-bond donors (Lipinski definition) is 1. The van der Waals surface area contributed by atoms with Crippen LogP contribution in [0, 0.1) is 11.3 Å². The maximum Gasteiger partial charge on any atom is 0.276 e. The lowest BCUT2D eigenvalue weighted by molar-refractivity contribution is -0.115. The van der Waals surface area contributed by atoms with E-state index < -0.39 is 9.70 Å². The summed E-state index contributed by atoms with van der Waals surface area (Å²) in [5.74, 6) is -0.761. The molecule has 1 amide bonds. The smallest absolute Gasteiger partial charge is 0.276 e. The molecule has 0 aliphatic rings. The molecule has 0 bridgehead atoms. The summed E-state index contributed by atoms with van der Waals surface area (Å²) in [6.07, 6.45) is 0. The first-order chi connectivity index (χ1) is 6.93. The van der Waals surface area contributed by atoms with Crippen molar-refractivity contribution in [3.8, 4) is 6.07 Å². The van der Waals surface area contributed by atoms with Crippen LogP contribution in [0.3, 0.4) is 0 Å².